The molecule has 1 aromatic carbocycles. The first-order valence-corrected chi connectivity index (χ1v) is 6.93. The number of hydrogen-bond donors (Lipinski definition) is 0. The average Bonchev–Trinajstić information content (AvgIpc) is 2.92. The van der Waals surface area contributed by atoms with Crippen molar-refractivity contribution in [2.75, 3.05) is 14.2 Å². The van der Waals surface area contributed by atoms with E-state index in [-0.39, 0.29) is 12.2 Å². The largest absolute Gasteiger partial charge is 0.493 e. The Balaban J connectivity index is 2.23. The van der Waals surface area contributed by atoms with Crippen molar-refractivity contribution in [3.8, 4) is 28.8 Å². The summed E-state index contributed by atoms with van der Waals surface area (Å²) in [7, 11) is 3.11. The first-order valence-electron chi connectivity index (χ1n) is 6.93. The molecule has 0 amide bonds. The first-order chi connectivity index (χ1) is 11.2. The minimum atomic E-state index is -0.382. The summed E-state index contributed by atoms with van der Waals surface area (Å²) in [6, 6.07) is 10.4. The van der Waals surface area contributed by atoms with Crippen LogP contribution in [0.1, 0.15) is 5.69 Å². The van der Waals surface area contributed by atoms with E-state index in [1.54, 1.807) is 36.8 Å². The molecule has 0 unspecified atom stereocenters. The number of hydrogen-bond acceptors (Lipinski definition) is 4. The lowest BCUT2D eigenvalue weighted by Gasteiger charge is -2.09. The fourth-order valence-corrected chi connectivity index (χ4v) is 2.53. The topological polar surface area (TPSA) is 59.5 Å². The van der Waals surface area contributed by atoms with Crippen molar-refractivity contribution < 1.29 is 13.9 Å². The van der Waals surface area contributed by atoms with Gasteiger partial charge < -0.3 is 9.47 Å². The van der Waals surface area contributed by atoms with Crippen molar-refractivity contribution in [3.05, 3.63) is 48.0 Å². The van der Waals surface area contributed by atoms with Crippen LogP contribution < -0.4 is 9.47 Å². The van der Waals surface area contributed by atoms with E-state index in [2.05, 4.69) is 11.1 Å². The van der Waals surface area contributed by atoms with E-state index < -0.39 is 0 Å². The minimum absolute atomic E-state index is 0.119. The summed E-state index contributed by atoms with van der Waals surface area (Å²) in [6.45, 7) is 0. The summed E-state index contributed by atoms with van der Waals surface area (Å²) in [4.78, 5) is 4.52. The molecule has 0 atom stereocenters. The van der Waals surface area contributed by atoms with Gasteiger partial charge in [0.15, 0.2) is 11.5 Å². The fourth-order valence-electron chi connectivity index (χ4n) is 2.53. The number of benzene rings is 1. The van der Waals surface area contributed by atoms with E-state index in [0.29, 0.717) is 28.5 Å². The van der Waals surface area contributed by atoms with Crippen molar-refractivity contribution in [1.82, 2.24) is 9.38 Å². The lowest BCUT2D eigenvalue weighted by molar-refractivity contribution is 0.355. The Morgan fingerprint density at radius 3 is 2.65 bits per heavy atom. The van der Waals surface area contributed by atoms with Crippen LogP contribution in [0.2, 0.25) is 0 Å². The number of aromatic nitrogens is 2. The van der Waals surface area contributed by atoms with Gasteiger partial charge in [-0.05, 0) is 30.3 Å². The van der Waals surface area contributed by atoms with Gasteiger partial charge in [-0.2, -0.15) is 5.26 Å². The van der Waals surface area contributed by atoms with Crippen LogP contribution in [0.4, 0.5) is 4.39 Å². The van der Waals surface area contributed by atoms with Gasteiger partial charge in [-0.1, -0.05) is 0 Å². The molecule has 0 N–H and O–H groups in total. The van der Waals surface area contributed by atoms with Gasteiger partial charge in [-0.3, -0.25) is 4.40 Å². The molecule has 2 heterocycles. The van der Waals surface area contributed by atoms with Crippen molar-refractivity contribution in [2.24, 2.45) is 0 Å². The molecule has 0 aliphatic heterocycles. The zero-order chi connectivity index (χ0) is 16.4. The SMILES string of the molecule is COc1ccc(-c2nc3ccc(F)cn3c2CC#N)cc1OC. The summed E-state index contributed by atoms with van der Waals surface area (Å²) in [5.41, 5.74) is 2.62. The average molecular weight is 311 g/mol. The van der Waals surface area contributed by atoms with E-state index in [0.717, 1.165) is 5.56 Å². The van der Waals surface area contributed by atoms with Crippen LogP contribution in [0.3, 0.4) is 0 Å². The van der Waals surface area contributed by atoms with Gasteiger partial charge in [0.25, 0.3) is 0 Å². The van der Waals surface area contributed by atoms with Crippen molar-refractivity contribution in [1.29, 1.82) is 5.26 Å². The highest BCUT2D eigenvalue weighted by atomic mass is 19.1. The second kappa shape index (κ2) is 5.97. The molecule has 0 fully saturated rings. The van der Waals surface area contributed by atoms with Gasteiger partial charge in [-0.15, -0.1) is 0 Å². The predicted octanol–water partition coefficient (Wildman–Crippen LogP) is 3.22. The van der Waals surface area contributed by atoms with E-state index >= 15 is 0 Å². The molecular weight excluding hydrogens is 297 g/mol. The van der Waals surface area contributed by atoms with Gasteiger partial charge in [0.1, 0.15) is 11.5 Å². The van der Waals surface area contributed by atoms with E-state index in [9.17, 15) is 4.39 Å². The number of methoxy groups -OCH3 is 2. The monoisotopic (exact) mass is 311 g/mol. The number of fused-ring (bicyclic) bond motifs is 1. The number of nitriles is 1. The minimum Gasteiger partial charge on any atom is -0.493 e. The molecule has 0 aliphatic carbocycles. The Kier molecular flexibility index (Phi) is 3.85. The fraction of sp³-hybridized carbons (Fsp3) is 0.176. The van der Waals surface area contributed by atoms with Gasteiger partial charge >= 0.3 is 0 Å². The number of imidazole rings is 1. The van der Waals surface area contributed by atoms with E-state index in [1.807, 2.05) is 6.07 Å². The van der Waals surface area contributed by atoms with Crippen LogP contribution in [-0.2, 0) is 6.42 Å². The number of halogens is 1. The van der Waals surface area contributed by atoms with Gasteiger partial charge in [0.05, 0.1) is 38.1 Å². The highest BCUT2D eigenvalue weighted by Gasteiger charge is 2.16. The zero-order valence-corrected chi connectivity index (χ0v) is 12.7. The maximum absolute atomic E-state index is 13.5. The Morgan fingerprint density at radius 2 is 1.96 bits per heavy atom. The molecular formula is C17H14FN3O2. The second-order valence-corrected chi connectivity index (χ2v) is 4.89. The maximum Gasteiger partial charge on any atom is 0.161 e. The summed E-state index contributed by atoms with van der Waals surface area (Å²) in [5.74, 6) is 0.789. The quantitative estimate of drug-likeness (QED) is 0.742. The normalized spacial score (nSPS) is 10.5. The Labute approximate surface area is 132 Å². The van der Waals surface area contributed by atoms with Crippen molar-refractivity contribution in [2.45, 2.75) is 6.42 Å². The van der Waals surface area contributed by atoms with Crippen LogP contribution in [0.5, 0.6) is 11.5 Å². The third-order valence-corrected chi connectivity index (χ3v) is 3.58. The first kappa shape index (κ1) is 14.9. The molecule has 5 nitrogen and oxygen atoms in total. The summed E-state index contributed by atoms with van der Waals surface area (Å²) < 4.78 is 25.7. The smallest absolute Gasteiger partial charge is 0.161 e. The number of rotatable bonds is 4. The maximum atomic E-state index is 13.5. The van der Waals surface area contributed by atoms with Crippen molar-refractivity contribution >= 4 is 5.65 Å². The molecule has 3 aromatic rings. The molecule has 3 rings (SSSR count). The summed E-state index contributed by atoms with van der Waals surface area (Å²) >= 11 is 0. The standard InChI is InChI=1S/C17H14FN3O2/c1-22-14-5-3-11(9-15(14)23-2)17-13(7-8-19)21-10-12(18)4-6-16(21)20-17/h3-6,9-10H,7H2,1-2H3. The van der Waals surface area contributed by atoms with Crippen LogP contribution in [-0.4, -0.2) is 23.6 Å². The lowest BCUT2D eigenvalue weighted by atomic mass is 10.1. The zero-order valence-electron chi connectivity index (χ0n) is 12.7. The van der Waals surface area contributed by atoms with Crippen LogP contribution in [0, 0.1) is 17.1 Å². The molecule has 0 spiro atoms. The Hall–Kier alpha value is -3.07. The third kappa shape index (κ3) is 2.57. The van der Waals surface area contributed by atoms with Gasteiger partial charge in [0, 0.05) is 11.8 Å². The molecule has 116 valence electrons. The van der Waals surface area contributed by atoms with Crippen molar-refractivity contribution in [3.63, 3.8) is 0 Å². The molecule has 0 saturated heterocycles. The van der Waals surface area contributed by atoms with Crippen LogP contribution in [0.15, 0.2) is 36.5 Å². The van der Waals surface area contributed by atoms with Gasteiger partial charge in [0.2, 0.25) is 0 Å². The molecule has 2 aromatic heterocycles. The van der Waals surface area contributed by atoms with Crippen LogP contribution >= 0.6 is 0 Å². The predicted molar refractivity (Wildman–Crippen MR) is 83.0 cm³/mol. The second-order valence-electron chi connectivity index (χ2n) is 4.89. The Bertz CT molecular complexity index is 912. The lowest BCUT2D eigenvalue weighted by Crippen LogP contribution is -1.95. The summed E-state index contributed by atoms with van der Waals surface area (Å²) in [5, 5.41) is 9.09. The number of nitrogens with zero attached hydrogens (tertiary/aromatic N) is 3. The van der Waals surface area contributed by atoms with E-state index in [1.165, 1.54) is 12.3 Å². The third-order valence-electron chi connectivity index (χ3n) is 3.58. The molecule has 23 heavy (non-hydrogen) atoms. The molecule has 0 bridgehead atoms. The number of ether oxygens (including phenoxy) is 2. The number of pyridine rings is 1. The van der Waals surface area contributed by atoms with E-state index in [4.69, 9.17) is 14.7 Å². The molecule has 0 aliphatic rings. The summed E-state index contributed by atoms with van der Waals surface area (Å²) in [6.07, 6.45) is 1.45. The molecule has 0 radical (unpaired) electrons. The molecule has 0 saturated carbocycles. The molecule has 6 heteroatoms. The highest BCUT2D eigenvalue weighted by Crippen LogP contribution is 2.33. The highest BCUT2D eigenvalue weighted by molar-refractivity contribution is 5.69. The van der Waals surface area contributed by atoms with Crippen LogP contribution in [0.25, 0.3) is 16.9 Å². The van der Waals surface area contributed by atoms with Gasteiger partial charge in [-0.25, -0.2) is 9.37 Å². The Morgan fingerprint density at radius 1 is 1.17 bits per heavy atom.